The van der Waals surface area contributed by atoms with Crippen molar-refractivity contribution in [3.05, 3.63) is 182 Å². The van der Waals surface area contributed by atoms with E-state index >= 15 is 0 Å². The van der Waals surface area contributed by atoms with E-state index in [1.165, 1.54) is 65.3 Å². The Labute approximate surface area is 312 Å². The van der Waals surface area contributed by atoms with Crippen molar-refractivity contribution in [2.45, 2.75) is 13.8 Å². The van der Waals surface area contributed by atoms with Gasteiger partial charge >= 0.3 is 0 Å². The van der Waals surface area contributed by atoms with E-state index in [1.807, 2.05) is 0 Å². The van der Waals surface area contributed by atoms with Crippen LogP contribution in [0.5, 0.6) is 0 Å². The number of fused-ring (bicyclic) bond motifs is 6. The Balaban J connectivity index is 1.36. The molecule has 0 aliphatic rings. The zero-order valence-corrected chi connectivity index (χ0v) is 30.0. The highest BCUT2D eigenvalue weighted by Gasteiger charge is 2.23. The Morgan fingerprint density at radius 1 is 0.333 bits per heavy atom. The average Bonchev–Trinajstić information content (AvgIpc) is 3.73. The molecule has 0 unspecified atom stereocenters. The lowest BCUT2D eigenvalue weighted by Gasteiger charge is -2.22. The molecule has 0 fully saturated rings. The molecule has 0 saturated carbocycles. The van der Waals surface area contributed by atoms with Crippen LogP contribution >= 0.6 is 0 Å². The van der Waals surface area contributed by atoms with Gasteiger partial charge in [-0.15, -0.1) is 0 Å². The second kappa shape index (κ2) is 11.7. The molecule has 4 heteroatoms. The van der Waals surface area contributed by atoms with Crippen molar-refractivity contribution in [3.8, 4) is 33.6 Å². The van der Waals surface area contributed by atoms with Crippen molar-refractivity contribution < 1.29 is 0 Å². The quantitative estimate of drug-likeness (QED) is 0.172. The van der Waals surface area contributed by atoms with Gasteiger partial charge in [-0.3, -0.25) is 9.13 Å². The lowest BCUT2D eigenvalue weighted by Crippen LogP contribution is -2.01. The topological polar surface area (TPSA) is 35.6 Å². The Bertz CT molecular complexity index is 3100. The highest BCUT2D eigenvalue weighted by molar-refractivity contribution is 6.28. The van der Waals surface area contributed by atoms with Gasteiger partial charge in [0.1, 0.15) is 11.6 Å². The first-order valence-corrected chi connectivity index (χ1v) is 18.5. The number of hydrogen-bond acceptors (Lipinski definition) is 2. The third kappa shape index (κ3) is 4.37. The van der Waals surface area contributed by atoms with Crippen molar-refractivity contribution in [2.75, 3.05) is 0 Å². The van der Waals surface area contributed by atoms with Crippen LogP contribution in [-0.2, 0) is 0 Å². The lowest BCUT2D eigenvalue weighted by molar-refractivity contribution is 1.01. The standard InChI is InChI=1S/C50H34N4/c1-31-51-42-24-10-12-26-46(42)53(31)44-28-14-22-38-40(44)30-41-39(23-15-29-45(41)54-32(2)52-43-25-11-13-27-47(43)54)50(38)49-36-20-8-6-18-34(36)48(33-16-4-3-5-17-33)35-19-7-9-21-37(35)49/h3-30H,1-2H3. The predicted molar refractivity (Wildman–Crippen MR) is 226 cm³/mol. The van der Waals surface area contributed by atoms with Crippen molar-refractivity contribution in [3.63, 3.8) is 0 Å². The summed E-state index contributed by atoms with van der Waals surface area (Å²) in [6.07, 6.45) is 0. The summed E-state index contributed by atoms with van der Waals surface area (Å²) in [5.74, 6) is 1.91. The van der Waals surface area contributed by atoms with Gasteiger partial charge in [0.15, 0.2) is 0 Å². The first kappa shape index (κ1) is 30.6. The van der Waals surface area contributed by atoms with Gasteiger partial charge in [-0.1, -0.05) is 127 Å². The molecule has 0 bridgehead atoms. The molecule has 11 rings (SSSR count). The van der Waals surface area contributed by atoms with Crippen LogP contribution in [0.1, 0.15) is 11.6 Å². The fourth-order valence-electron chi connectivity index (χ4n) is 9.01. The Kier molecular flexibility index (Phi) is 6.65. The van der Waals surface area contributed by atoms with Crippen LogP contribution in [0.25, 0.3) is 98.8 Å². The Morgan fingerprint density at radius 2 is 0.704 bits per heavy atom. The molecular weight excluding hydrogens is 657 g/mol. The van der Waals surface area contributed by atoms with Crippen molar-refractivity contribution in [2.24, 2.45) is 0 Å². The van der Waals surface area contributed by atoms with Gasteiger partial charge in [0.2, 0.25) is 0 Å². The van der Waals surface area contributed by atoms with Gasteiger partial charge in [0.25, 0.3) is 0 Å². The van der Waals surface area contributed by atoms with Crippen molar-refractivity contribution >= 4 is 65.2 Å². The van der Waals surface area contributed by atoms with Crippen molar-refractivity contribution in [1.29, 1.82) is 0 Å². The van der Waals surface area contributed by atoms with Crippen LogP contribution < -0.4 is 0 Å². The van der Waals surface area contributed by atoms with Crippen LogP contribution in [0.2, 0.25) is 0 Å². The first-order valence-electron chi connectivity index (χ1n) is 18.5. The second-order valence-electron chi connectivity index (χ2n) is 14.2. The zero-order valence-electron chi connectivity index (χ0n) is 30.0. The first-order chi connectivity index (χ1) is 26.7. The van der Waals surface area contributed by atoms with E-state index in [9.17, 15) is 0 Å². The minimum atomic E-state index is 0.957. The molecular formula is C50H34N4. The Morgan fingerprint density at radius 3 is 1.19 bits per heavy atom. The second-order valence-corrected chi connectivity index (χ2v) is 14.2. The van der Waals surface area contributed by atoms with Crippen molar-refractivity contribution in [1.82, 2.24) is 19.1 Å². The largest absolute Gasteiger partial charge is 0.296 e. The molecule has 0 atom stereocenters. The monoisotopic (exact) mass is 690 g/mol. The number of nitrogens with zero attached hydrogens (tertiary/aromatic N) is 4. The number of aromatic nitrogens is 4. The fourth-order valence-corrected chi connectivity index (χ4v) is 9.01. The number of aryl methyl sites for hydroxylation is 2. The zero-order chi connectivity index (χ0) is 35.9. The van der Waals surface area contributed by atoms with Crippen LogP contribution in [-0.4, -0.2) is 19.1 Å². The number of rotatable bonds is 4. The minimum Gasteiger partial charge on any atom is -0.296 e. The molecule has 2 aromatic heterocycles. The van der Waals surface area contributed by atoms with Gasteiger partial charge in [-0.25, -0.2) is 9.97 Å². The molecule has 54 heavy (non-hydrogen) atoms. The number of imidazole rings is 2. The molecule has 0 aliphatic heterocycles. The van der Waals surface area contributed by atoms with Gasteiger partial charge in [-0.2, -0.15) is 0 Å². The highest BCUT2D eigenvalue weighted by atomic mass is 15.1. The molecule has 0 N–H and O–H groups in total. The summed E-state index contributed by atoms with van der Waals surface area (Å²) in [6, 6.07) is 61.5. The average molecular weight is 691 g/mol. The van der Waals surface area contributed by atoms with E-state index in [4.69, 9.17) is 9.97 Å². The summed E-state index contributed by atoms with van der Waals surface area (Å²) in [4.78, 5) is 10.0. The summed E-state index contributed by atoms with van der Waals surface area (Å²) in [7, 11) is 0. The van der Waals surface area contributed by atoms with E-state index in [2.05, 4.69) is 193 Å². The van der Waals surface area contributed by atoms with E-state index in [0.717, 1.165) is 45.1 Å². The van der Waals surface area contributed by atoms with Gasteiger partial charge in [0.05, 0.1) is 33.4 Å². The minimum absolute atomic E-state index is 0.957. The number of para-hydroxylation sites is 4. The normalized spacial score (nSPS) is 11.9. The van der Waals surface area contributed by atoms with Crippen LogP contribution in [0.4, 0.5) is 0 Å². The van der Waals surface area contributed by atoms with Crippen LogP contribution in [0, 0.1) is 13.8 Å². The lowest BCUT2D eigenvalue weighted by atomic mass is 9.82. The molecule has 0 aliphatic carbocycles. The number of benzene rings is 9. The molecule has 2 heterocycles. The molecule has 0 spiro atoms. The molecule has 11 aromatic rings. The highest BCUT2D eigenvalue weighted by Crippen LogP contribution is 2.49. The molecule has 0 amide bonds. The summed E-state index contributed by atoms with van der Waals surface area (Å²) >= 11 is 0. The molecule has 9 aromatic carbocycles. The summed E-state index contributed by atoms with van der Waals surface area (Å²) in [6.45, 7) is 4.22. The smallest absolute Gasteiger partial charge is 0.111 e. The predicted octanol–water partition coefficient (Wildman–Crippen LogP) is 12.9. The molecule has 0 saturated heterocycles. The maximum atomic E-state index is 5.01. The SMILES string of the molecule is Cc1nc2ccccc2n1-c1cccc2c(-c3c4ccccc4c(-c4ccccc4)c4ccccc34)c3cccc(-n4c(C)nc5ccccc54)c3cc12. The third-order valence-corrected chi connectivity index (χ3v) is 11.2. The summed E-state index contributed by atoms with van der Waals surface area (Å²) in [5.41, 5.74) is 11.3. The van der Waals surface area contributed by atoms with Gasteiger partial charge in [0, 0.05) is 10.8 Å². The van der Waals surface area contributed by atoms with Gasteiger partial charge < -0.3 is 0 Å². The Hall–Kier alpha value is -7.04. The van der Waals surface area contributed by atoms with Gasteiger partial charge in [-0.05, 0) is 111 Å². The maximum Gasteiger partial charge on any atom is 0.111 e. The summed E-state index contributed by atoms with van der Waals surface area (Å²) < 4.78 is 4.64. The fraction of sp³-hybridized carbons (Fsp3) is 0.0400. The molecule has 0 radical (unpaired) electrons. The van der Waals surface area contributed by atoms with E-state index in [-0.39, 0.29) is 0 Å². The van der Waals surface area contributed by atoms with E-state index in [1.54, 1.807) is 0 Å². The van der Waals surface area contributed by atoms with E-state index in [0.29, 0.717) is 0 Å². The molecule has 254 valence electrons. The van der Waals surface area contributed by atoms with E-state index < -0.39 is 0 Å². The maximum absolute atomic E-state index is 5.01. The third-order valence-electron chi connectivity index (χ3n) is 11.2. The van der Waals surface area contributed by atoms with Crippen LogP contribution in [0.15, 0.2) is 170 Å². The molecule has 4 nitrogen and oxygen atoms in total. The summed E-state index contributed by atoms with van der Waals surface area (Å²) in [5, 5.41) is 9.67. The number of hydrogen-bond donors (Lipinski definition) is 0. The van der Waals surface area contributed by atoms with Crippen LogP contribution in [0.3, 0.4) is 0 Å².